The largest absolute Gasteiger partial charge is 0.383 e. The number of methoxy groups -OCH3 is 1. The van der Waals surface area contributed by atoms with Crippen LogP contribution in [0.4, 0.5) is 10.1 Å². The van der Waals surface area contributed by atoms with Crippen molar-refractivity contribution in [3.8, 4) is 0 Å². The van der Waals surface area contributed by atoms with Crippen LogP contribution in [-0.4, -0.2) is 37.0 Å². The lowest BCUT2D eigenvalue weighted by atomic mass is 10.0. The van der Waals surface area contributed by atoms with Crippen LogP contribution >= 0.6 is 23.2 Å². The van der Waals surface area contributed by atoms with Gasteiger partial charge in [0.05, 0.1) is 23.7 Å². The van der Waals surface area contributed by atoms with E-state index >= 15 is 0 Å². The minimum Gasteiger partial charge on any atom is -0.383 e. The molecule has 5 nitrogen and oxygen atoms in total. The monoisotopic (exact) mass is 408 g/mol. The van der Waals surface area contributed by atoms with Crippen LogP contribution in [0.3, 0.4) is 0 Å². The van der Waals surface area contributed by atoms with Crippen LogP contribution in [0.5, 0.6) is 0 Å². The Hall–Kier alpha value is -2.41. The number of benzene rings is 2. The van der Waals surface area contributed by atoms with E-state index in [2.05, 4.69) is 5.32 Å². The molecule has 2 aromatic rings. The summed E-state index contributed by atoms with van der Waals surface area (Å²) >= 11 is 12.2. The number of imide groups is 1. The Morgan fingerprint density at radius 2 is 1.78 bits per heavy atom. The lowest BCUT2D eigenvalue weighted by Gasteiger charge is -2.14. The van der Waals surface area contributed by atoms with Crippen LogP contribution in [0, 0.1) is 5.82 Å². The van der Waals surface area contributed by atoms with E-state index in [9.17, 15) is 14.0 Å². The van der Waals surface area contributed by atoms with Crippen LogP contribution in [-0.2, 0) is 14.3 Å². The Morgan fingerprint density at radius 1 is 1.07 bits per heavy atom. The fraction of sp³-hybridized carbons (Fsp3) is 0.158. The zero-order valence-electron chi connectivity index (χ0n) is 14.3. The normalized spacial score (nSPS) is 14.3. The first-order valence-corrected chi connectivity index (χ1v) is 8.75. The average molecular weight is 409 g/mol. The van der Waals surface area contributed by atoms with Gasteiger partial charge >= 0.3 is 0 Å². The zero-order valence-corrected chi connectivity index (χ0v) is 15.8. The van der Waals surface area contributed by atoms with Gasteiger partial charge in [-0.25, -0.2) is 4.39 Å². The number of anilines is 1. The highest BCUT2D eigenvalue weighted by Gasteiger charge is 2.39. The van der Waals surface area contributed by atoms with Crippen LogP contribution < -0.4 is 5.32 Å². The molecule has 0 aromatic heterocycles. The molecule has 0 radical (unpaired) electrons. The highest BCUT2D eigenvalue weighted by atomic mass is 35.5. The standard InChI is InChI=1S/C19H15Cl2FN2O3/c1-27-9-8-24-18(25)16(14-7-2-11(20)10-15(14)21)17(19(24)26)23-13-5-3-12(22)4-6-13/h2-7,10,23H,8-9H2,1H3. The molecule has 1 aliphatic rings. The molecule has 8 heteroatoms. The van der Waals surface area contributed by atoms with E-state index in [1.807, 2.05) is 0 Å². The Kier molecular flexibility index (Phi) is 5.79. The van der Waals surface area contributed by atoms with Crippen molar-refractivity contribution in [3.63, 3.8) is 0 Å². The maximum Gasteiger partial charge on any atom is 0.278 e. The first-order chi connectivity index (χ1) is 12.9. The number of nitrogens with zero attached hydrogens (tertiary/aromatic N) is 1. The smallest absolute Gasteiger partial charge is 0.278 e. The Bertz CT molecular complexity index is 929. The second kappa shape index (κ2) is 8.08. The van der Waals surface area contributed by atoms with Gasteiger partial charge in [-0.15, -0.1) is 0 Å². The van der Waals surface area contributed by atoms with E-state index in [4.69, 9.17) is 27.9 Å². The highest BCUT2D eigenvalue weighted by Crippen LogP contribution is 2.35. The topological polar surface area (TPSA) is 58.6 Å². The van der Waals surface area contributed by atoms with Gasteiger partial charge in [-0.05, 0) is 36.4 Å². The summed E-state index contributed by atoms with van der Waals surface area (Å²) in [4.78, 5) is 26.8. The fourth-order valence-corrected chi connectivity index (χ4v) is 3.20. The van der Waals surface area contributed by atoms with Crippen molar-refractivity contribution < 1.29 is 18.7 Å². The maximum absolute atomic E-state index is 13.2. The number of hydrogen-bond acceptors (Lipinski definition) is 4. The minimum atomic E-state index is -0.512. The summed E-state index contributed by atoms with van der Waals surface area (Å²) in [5.74, 6) is -1.42. The molecule has 0 unspecified atom stereocenters. The minimum absolute atomic E-state index is 0.0620. The summed E-state index contributed by atoms with van der Waals surface area (Å²) in [6, 6.07) is 10.1. The molecule has 2 amide bonds. The van der Waals surface area contributed by atoms with Crippen molar-refractivity contribution in [2.24, 2.45) is 0 Å². The molecule has 1 heterocycles. The van der Waals surface area contributed by atoms with Crippen molar-refractivity contribution >= 4 is 46.3 Å². The van der Waals surface area contributed by atoms with Gasteiger partial charge in [0, 0.05) is 23.4 Å². The van der Waals surface area contributed by atoms with Crippen LogP contribution in [0.2, 0.25) is 10.0 Å². The lowest BCUT2D eigenvalue weighted by molar-refractivity contribution is -0.137. The molecule has 0 fully saturated rings. The number of ether oxygens (including phenoxy) is 1. The van der Waals surface area contributed by atoms with Crippen LogP contribution in [0.1, 0.15) is 5.56 Å². The summed E-state index contributed by atoms with van der Waals surface area (Å²) in [7, 11) is 1.48. The molecule has 0 atom stereocenters. The summed E-state index contributed by atoms with van der Waals surface area (Å²) < 4.78 is 18.1. The first kappa shape index (κ1) is 19.4. The molecule has 1 aliphatic heterocycles. The molecule has 0 saturated carbocycles. The predicted molar refractivity (Wildman–Crippen MR) is 102 cm³/mol. The quantitative estimate of drug-likeness (QED) is 0.734. The third-order valence-corrected chi connectivity index (χ3v) is 4.55. The molecular weight excluding hydrogens is 394 g/mol. The number of halogens is 3. The van der Waals surface area contributed by atoms with E-state index in [1.54, 1.807) is 12.1 Å². The molecule has 2 aromatic carbocycles. The number of hydrogen-bond donors (Lipinski definition) is 1. The van der Waals surface area contributed by atoms with Crippen LogP contribution in [0.25, 0.3) is 5.57 Å². The molecule has 0 aliphatic carbocycles. The average Bonchev–Trinajstić information content (AvgIpc) is 2.86. The van der Waals surface area contributed by atoms with Gasteiger partial charge in [0.2, 0.25) is 0 Å². The molecule has 0 saturated heterocycles. The maximum atomic E-state index is 13.2. The Morgan fingerprint density at radius 3 is 2.41 bits per heavy atom. The number of carbonyl (C=O) groups excluding carboxylic acids is 2. The molecule has 0 spiro atoms. The number of carbonyl (C=O) groups is 2. The van der Waals surface area contributed by atoms with Crippen molar-refractivity contribution in [2.45, 2.75) is 0 Å². The van der Waals surface area contributed by atoms with Gasteiger partial charge in [0.15, 0.2) is 0 Å². The third-order valence-electron chi connectivity index (χ3n) is 4.00. The van der Waals surface area contributed by atoms with Gasteiger partial charge in [-0.3, -0.25) is 14.5 Å². The van der Waals surface area contributed by atoms with Gasteiger partial charge in [-0.2, -0.15) is 0 Å². The summed E-state index contributed by atoms with van der Waals surface area (Å²) in [5, 5.41) is 3.56. The number of amides is 2. The molecule has 1 N–H and O–H groups in total. The summed E-state index contributed by atoms with van der Waals surface area (Å²) in [6.45, 7) is 0.292. The van der Waals surface area contributed by atoms with Crippen molar-refractivity contribution in [1.29, 1.82) is 0 Å². The van der Waals surface area contributed by atoms with Gasteiger partial charge in [0.1, 0.15) is 11.5 Å². The molecule has 140 valence electrons. The summed E-state index contributed by atoms with van der Waals surface area (Å²) in [6.07, 6.45) is 0. The lowest BCUT2D eigenvalue weighted by Crippen LogP contribution is -2.35. The van der Waals surface area contributed by atoms with Gasteiger partial charge in [-0.1, -0.05) is 29.3 Å². The fourth-order valence-electron chi connectivity index (χ4n) is 2.70. The molecule has 3 rings (SSSR count). The van der Waals surface area contributed by atoms with Gasteiger partial charge in [0.25, 0.3) is 11.8 Å². The Labute approximate surface area is 165 Å². The molecule has 27 heavy (non-hydrogen) atoms. The Balaban J connectivity index is 2.07. The van der Waals surface area contributed by atoms with Crippen molar-refractivity contribution in [1.82, 2.24) is 4.90 Å². The van der Waals surface area contributed by atoms with Gasteiger partial charge < -0.3 is 10.1 Å². The summed E-state index contributed by atoms with van der Waals surface area (Å²) in [5.41, 5.74) is 1.03. The second-order valence-electron chi connectivity index (χ2n) is 5.76. The van der Waals surface area contributed by atoms with E-state index < -0.39 is 17.6 Å². The van der Waals surface area contributed by atoms with E-state index in [1.165, 1.54) is 37.4 Å². The van der Waals surface area contributed by atoms with Crippen molar-refractivity contribution in [3.05, 3.63) is 69.6 Å². The number of nitrogens with one attached hydrogen (secondary N) is 1. The highest BCUT2D eigenvalue weighted by molar-refractivity contribution is 6.41. The second-order valence-corrected chi connectivity index (χ2v) is 6.60. The van der Waals surface area contributed by atoms with E-state index in [-0.39, 0.29) is 29.4 Å². The predicted octanol–water partition coefficient (Wildman–Crippen LogP) is 3.97. The molecule has 0 bridgehead atoms. The third kappa shape index (κ3) is 3.98. The van der Waals surface area contributed by atoms with E-state index in [0.717, 1.165) is 4.90 Å². The molecular formula is C19H15Cl2FN2O3. The van der Waals surface area contributed by atoms with E-state index in [0.29, 0.717) is 16.3 Å². The SMILES string of the molecule is COCCN1C(=O)C(Nc2ccc(F)cc2)=C(c2ccc(Cl)cc2Cl)C1=O. The van der Waals surface area contributed by atoms with Crippen LogP contribution in [0.15, 0.2) is 48.2 Å². The number of rotatable bonds is 6. The van der Waals surface area contributed by atoms with Crippen molar-refractivity contribution in [2.75, 3.05) is 25.6 Å². The first-order valence-electron chi connectivity index (χ1n) is 7.99. The zero-order chi connectivity index (χ0) is 19.6.